The van der Waals surface area contributed by atoms with E-state index in [2.05, 4.69) is 5.32 Å². The van der Waals surface area contributed by atoms with Gasteiger partial charge in [-0.1, -0.05) is 0 Å². The molecule has 1 amide bonds. The van der Waals surface area contributed by atoms with Crippen molar-refractivity contribution in [3.8, 4) is 0 Å². The van der Waals surface area contributed by atoms with Crippen LogP contribution in [0.15, 0.2) is 0 Å². The van der Waals surface area contributed by atoms with Crippen molar-refractivity contribution in [2.75, 3.05) is 40.1 Å². The molecule has 0 aliphatic rings. The molecule has 1 N–H and O–H groups in total. The Labute approximate surface area is 114 Å². The summed E-state index contributed by atoms with van der Waals surface area (Å²) >= 11 is 0. The summed E-state index contributed by atoms with van der Waals surface area (Å²) in [5.74, 6) is -0.447. The molecule has 0 heterocycles. The van der Waals surface area contributed by atoms with E-state index in [1.54, 1.807) is 14.0 Å². The average Bonchev–Trinajstić information content (AvgIpc) is 2.40. The minimum absolute atomic E-state index is 0.117. The highest BCUT2D eigenvalue weighted by Gasteiger charge is 2.06. The zero-order chi connectivity index (χ0) is 14.3. The zero-order valence-electron chi connectivity index (χ0n) is 11.9. The molecule has 0 unspecified atom stereocenters. The Balaban J connectivity index is 3.27. The fraction of sp³-hybridized carbons (Fsp3) is 0.846. The number of amides is 1. The first-order valence-electron chi connectivity index (χ1n) is 6.69. The maximum absolute atomic E-state index is 11.4. The number of carbonyl (C=O) groups excluding carboxylic acids is 2. The molecule has 0 bridgehead atoms. The van der Waals surface area contributed by atoms with Gasteiger partial charge in [0.2, 0.25) is 5.91 Å². The summed E-state index contributed by atoms with van der Waals surface area (Å²) in [7, 11) is 1.63. The van der Waals surface area contributed by atoms with Gasteiger partial charge in [-0.15, -0.1) is 0 Å². The van der Waals surface area contributed by atoms with Gasteiger partial charge in [0.1, 0.15) is 0 Å². The van der Waals surface area contributed by atoms with Crippen molar-refractivity contribution >= 4 is 11.9 Å². The molecule has 0 fully saturated rings. The third-order valence-corrected chi connectivity index (χ3v) is 2.33. The molecule has 0 aromatic carbocycles. The number of nitrogens with one attached hydrogen (secondary N) is 1. The van der Waals surface area contributed by atoms with Gasteiger partial charge in [0.05, 0.1) is 26.2 Å². The van der Waals surface area contributed by atoms with Gasteiger partial charge in [0, 0.05) is 26.7 Å². The molecule has 0 aliphatic heterocycles. The molecule has 6 heteroatoms. The number of ether oxygens (including phenoxy) is 3. The Kier molecular flexibility index (Phi) is 12.5. The van der Waals surface area contributed by atoms with Gasteiger partial charge < -0.3 is 19.5 Å². The summed E-state index contributed by atoms with van der Waals surface area (Å²) in [5, 5.41) is 2.76. The van der Waals surface area contributed by atoms with E-state index in [4.69, 9.17) is 14.2 Å². The van der Waals surface area contributed by atoms with Crippen LogP contribution in [0.4, 0.5) is 0 Å². The van der Waals surface area contributed by atoms with Crippen LogP contribution in [0.25, 0.3) is 0 Å². The molecule has 0 saturated carbocycles. The molecular formula is C13H25NO5. The van der Waals surface area contributed by atoms with Crippen LogP contribution in [0.3, 0.4) is 0 Å². The van der Waals surface area contributed by atoms with Gasteiger partial charge in [0.25, 0.3) is 0 Å². The van der Waals surface area contributed by atoms with E-state index in [1.807, 2.05) is 0 Å². The quantitative estimate of drug-likeness (QED) is 0.423. The number of carbonyl (C=O) groups is 2. The highest BCUT2D eigenvalue weighted by molar-refractivity contribution is 5.81. The predicted molar refractivity (Wildman–Crippen MR) is 70.8 cm³/mol. The Hall–Kier alpha value is -1.14. The number of hydrogen-bond acceptors (Lipinski definition) is 5. The highest BCUT2D eigenvalue weighted by Crippen LogP contribution is 1.94. The summed E-state index contributed by atoms with van der Waals surface area (Å²) in [4.78, 5) is 22.4. The number of unbranched alkanes of at least 4 members (excludes halogenated alkanes) is 1. The van der Waals surface area contributed by atoms with Crippen molar-refractivity contribution in [2.24, 2.45) is 0 Å². The van der Waals surface area contributed by atoms with Crippen LogP contribution in [-0.4, -0.2) is 52.0 Å². The van der Waals surface area contributed by atoms with Gasteiger partial charge in [0.15, 0.2) is 0 Å². The summed E-state index contributed by atoms with van der Waals surface area (Å²) in [5.41, 5.74) is 0. The summed E-state index contributed by atoms with van der Waals surface area (Å²) in [6.07, 6.45) is 2.07. The molecule has 0 saturated heterocycles. The lowest BCUT2D eigenvalue weighted by Gasteiger charge is -2.06. The van der Waals surface area contributed by atoms with Gasteiger partial charge in [-0.05, 0) is 19.8 Å². The number of rotatable bonds is 12. The Morgan fingerprint density at radius 3 is 2.53 bits per heavy atom. The molecule has 0 aliphatic carbocycles. The lowest BCUT2D eigenvalue weighted by Crippen LogP contribution is -2.25. The largest absolute Gasteiger partial charge is 0.466 e. The van der Waals surface area contributed by atoms with Crippen molar-refractivity contribution in [3.63, 3.8) is 0 Å². The second-order valence-corrected chi connectivity index (χ2v) is 3.97. The van der Waals surface area contributed by atoms with Gasteiger partial charge in [-0.2, -0.15) is 0 Å². The third-order valence-electron chi connectivity index (χ3n) is 2.33. The molecule has 0 radical (unpaired) electrons. The van der Waals surface area contributed by atoms with E-state index in [0.29, 0.717) is 33.0 Å². The lowest BCUT2D eigenvalue weighted by atomic mass is 10.3. The van der Waals surface area contributed by atoms with E-state index in [1.165, 1.54) is 0 Å². The first kappa shape index (κ1) is 17.9. The maximum Gasteiger partial charge on any atom is 0.306 e. The van der Waals surface area contributed by atoms with Gasteiger partial charge in [-0.3, -0.25) is 9.59 Å². The topological polar surface area (TPSA) is 73.9 Å². The highest BCUT2D eigenvalue weighted by atomic mass is 16.5. The van der Waals surface area contributed by atoms with E-state index >= 15 is 0 Å². The minimum Gasteiger partial charge on any atom is -0.466 e. The van der Waals surface area contributed by atoms with Gasteiger partial charge >= 0.3 is 5.97 Å². The van der Waals surface area contributed by atoms with Crippen molar-refractivity contribution in [3.05, 3.63) is 0 Å². The minimum atomic E-state index is -0.329. The fourth-order valence-electron chi connectivity index (χ4n) is 1.34. The summed E-state index contributed by atoms with van der Waals surface area (Å²) < 4.78 is 14.9. The van der Waals surface area contributed by atoms with Gasteiger partial charge in [-0.25, -0.2) is 0 Å². The molecular weight excluding hydrogens is 250 g/mol. The monoisotopic (exact) mass is 275 g/mol. The molecule has 0 aromatic heterocycles. The summed E-state index contributed by atoms with van der Waals surface area (Å²) in [6, 6.07) is 0. The van der Waals surface area contributed by atoms with E-state index in [0.717, 1.165) is 12.8 Å². The smallest absolute Gasteiger partial charge is 0.306 e. The first-order chi connectivity index (χ1) is 9.20. The predicted octanol–water partition coefficient (Wildman–Crippen LogP) is 0.889. The van der Waals surface area contributed by atoms with Crippen LogP contribution in [0.1, 0.15) is 32.6 Å². The number of esters is 1. The Morgan fingerprint density at radius 1 is 1.05 bits per heavy atom. The van der Waals surface area contributed by atoms with Crippen LogP contribution in [0, 0.1) is 0 Å². The zero-order valence-corrected chi connectivity index (χ0v) is 11.9. The normalized spacial score (nSPS) is 10.2. The molecule has 0 spiro atoms. The number of methoxy groups -OCH3 is 1. The van der Waals surface area contributed by atoms with Crippen LogP contribution in [0.5, 0.6) is 0 Å². The SMILES string of the molecule is CCOC(=O)CCC(=O)NCCCCOCCOC. The first-order valence-corrected chi connectivity index (χ1v) is 6.69. The van der Waals surface area contributed by atoms with Crippen molar-refractivity contribution in [2.45, 2.75) is 32.6 Å². The molecule has 19 heavy (non-hydrogen) atoms. The van der Waals surface area contributed by atoms with Crippen LogP contribution >= 0.6 is 0 Å². The Bertz CT molecular complexity index is 245. The molecule has 0 atom stereocenters. The average molecular weight is 275 g/mol. The van der Waals surface area contributed by atoms with E-state index < -0.39 is 0 Å². The number of hydrogen-bond donors (Lipinski definition) is 1. The summed E-state index contributed by atoms with van der Waals surface area (Å²) in [6.45, 7) is 4.57. The Morgan fingerprint density at radius 2 is 1.84 bits per heavy atom. The second kappa shape index (κ2) is 13.3. The molecule has 0 rings (SSSR count). The fourth-order valence-corrected chi connectivity index (χ4v) is 1.34. The van der Waals surface area contributed by atoms with Crippen LogP contribution in [-0.2, 0) is 23.8 Å². The second-order valence-electron chi connectivity index (χ2n) is 3.97. The standard InChI is InChI=1S/C13H25NO5/c1-3-19-13(16)7-6-12(15)14-8-4-5-9-18-11-10-17-2/h3-11H2,1-2H3,(H,14,15). The third kappa shape index (κ3) is 13.1. The lowest BCUT2D eigenvalue weighted by molar-refractivity contribution is -0.144. The van der Waals surface area contributed by atoms with Crippen LogP contribution < -0.4 is 5.32 Å². The van der Waals surface area contributed by atoms with E-state index in [9.17, 15) is 9.59 Å². The van der Waals surface area contributed by atoms with Crippen molar-refractivity contribution < 1.29 is 23.8 Å². The maximum atomic E-state index is 11.4. The van der Waals surface area contributed by atoms with Crippen molar-refractivity contribution in [1.29, 1.82) is 0 Å². The van der Waals surface area contributed by atoms with Crippen LogP contribution in [0.2, 0.25) is 0 Å². The molecule has 112 valence electrons. The molecule has 6 nitrogen and oxygen atoms in total. The van der Waals surface area contributed by atoms with E-state index in [-0.39, 0.29) is 24.7 Å². The molecule has 0 aromatic rings. The van der Waals surface area contributed by atoms with Crippen molar-refractivity contribution in [1.82, 2.24) is 5.32 Å².